The van der Waals surface area contributed by atoms with Crippen molar-refractivity contribution in [2.75, 3.05) is 19.8 Å². The molecule has 0 aromatic carbocycles. The van der Waals surface area contributed by atoms with Crippen molar-refractivity contribution in [3.05, 3.63) is 0 Å². The van der Waals surface area contributed by atoms with Gasteiger partial charge in [0, 0.05) is 12.8 Å². The zero-order valence-electron chi connectivity index (χ0n) is 38.7. The zero-order valence-corrected chi connectivity index (χ0v) is 39.6. The number of carboxylic acid groups (broad SMARTS) is 1. The van der Waals surface area contributed by atoms with E-state index in [2.05, 4.69) is 55.4 Å². The molecule has 0 amide bonds. The lowest BCUT2D eigenvalue weighted by molar-refractivity contribution is -0.162. The molecule has 0 rings (SSSR count). The summed E-state index contributed by atoms with van der Waals surface area (Å²) in [5, 5.41) is 8.95. The van der Waals surface area contributed by atoms with Gasteiger partial charge < -0.3 is 25.2 Å². The Bertz CT molecular complexity index is 1120. The smallest absolute Gasteiger partial charge is 0.472 e. The summed E-state index contributed by atoms with van der Waals surface area (Å²) in [5.74, 6) is 2.14. The van der Waals surface area contributed by atoms with Gasteiger partial charge in [-0.1, -0.05) is 185 Å². The first-order chi connectivity index (χ1) is 27.2. The fourth-order valence-electron chi connectivity index (χ4n) is 7.41. The molecule has 4 N–H and O–H groups in total. The van der Waals surface area contributed by atoms with E-state index >= 15 is 0 Å². The first kappa shape index (κ1) is 56.5. The topological polar surface area (TPSA) is 172 Å². The van der Waals surface area contributed by atoms with Crippen LogP contribution in [0.2, 0.25) is 0 Å². The number of ether oxygens (including phenoxy) is 2. The van der Waals surface area contributed by atoms with Gasteiger partial charge in [-0.05, 0) is 47.3 Å². The zero-order chi connectivity index (χ0) is 44.1. The van der Waals surface area contributed by atoms with Crippen LogP contribution in [0.1, 0.15) is 198 Å². The van der Waals surface area contributed by atoms with Crippen LogP contribution >= 0.6 is 7.82 Å². The van der Waals surface area contributed by atoms with Crippen molar-refractivity contribution in [2.24, 2.45) is 53.1 Å². The predicted molar refractivity (Wildman–Crippen MR) is 235 cm³/mol. The van der Waals surface area contributed by atoms with Gasteiger partial charge in [-0.25, -0.2) is 4.57 Å². The molecule has 0 spiro atoms. The largest absolute Gasteiger partial charge is 0.480 e. The Hall–Kier alpha value is -1.52. The molecule has 0 aromatic rings. The van der Waals surface area contributed by atoms with E-state index in [0.717, 1.165) is 62.2 Å². The highest BCUT2D eigenvalue weighted by Crippen LogP contribution is 2.43. The van der Waals surface area contributed by atoms with E-state index in [1.165, 1.54) is 77.0 Å². The van der Waals surface area contributed by atoms with Crippen LogP contribution in [0.5, 0.6) is 0 Å². The Morgan fingerprint density at radius 2 is 0.828 bits per heavy atom. The number of hydrogen-bond donors (Lipinski definition) is 3. The molecule has 0 radical (unpaired) electrons. The normalized spacial score (nSPS) is 17.2. The highest BCUT2D eigenvalue weighted by molar-refractivity contribution is 7.47. The Labute approximate surface area is 355 Å². The maximum Gasteiger partial charge on any atom is 0.472 e. The molecule has 0 aliphatic heterocycles. The molecule has 0 fully saturated rings. The fourth-order valence-corrected chi connectivity index (χ4v) is 8.19. The molecular formula is C46H90NO10P. The number of phosphoric ester groups is 1. The SMILES string of the molecule is CC(C)CCCC(C)CCCC(C)CCCC(C)CC(=O)OCC(COP(=O)(O)OCC(N)C(=O)O)OC(=O)CC(C)CCCC(C)CCCC(C)CCCC(C)C. The lowest BCUT2D eigenvalue weighted by Gasteiger charge is -2.21. The number of carbonyl (C=O) groups excluding carboxylic acids is 2. The van der Waals surface area contributed by atoms with E-state index in [9.17, 15) is 23.8 Å². The third-order valence-electron chi connectivity index (χ3n) is 11.4. The van der Waals surface area contributed by atoms with Gasteiger partial charge in [-0.2, -0.15) is 0 Å². The maximum atomic E-state index is 13.0. The molecule has 0 aromatic heterocycles. The summed E-state index contributed by atoms with van der Waals surface area (Å²) < 4.78 is 33.3. The van der Waals surface area contributed by atoms with Crippen molar-refractivity contribution in [3.8, 4) is 0 Å². The lowest BCUT2D eigenvalue weighted by Crippen LogP contribution is -2.35. The monoisotopic (exact) mass is 848 g/mol. The molecule has 58 heavy (non-hydrogen) atoms. The van der Waals surface area contributed by atoms with Gasteiger partial charge in [0.1, 0.15) is 12.6 Å². The van der Waals surface area contributed by atoms with Crippen LogP contribution < -0.4 is 5.73 Å². The number of aliphatic carboxylic acids is 1. The van der Waals surface area contributed by atoms with Crippen LogP contribution in [0.4, 0.5) is 0 Å². The van der Waals surface area contributed by atoms with Crippen molar-refractivity contribution >= 4 is 25.7 Å². The molecule has 0 aliphatic rings. The van der Waals surface area contributed by atoms with Crippen molar-refractivity contribution in [1.29, 1.82) is 0 Å². The molecule has 11 nitrogen and oxygen atoms in total. The lowest BCUT2D eigenvalue weighted by atomic mass is 9.91. The van der Waals surface area contributed by atoms with Crippen molar-refractivity contribution in [1.82, 2.24) is 0 Å². The minimum atomic E-state index is -4.74. The third-order valence-corrected chi connectivity index (χ3v) is 12.4. The summed E-state index contributed by atoms with van der Waals surface area (Å²) in [4.78, 5) is 46.9. The Morgan fingerprint density at radius 1 is 0.500 bits per heavy atom. The number of carbonyl (C=O) groups is 3. The highest BCUT2D eigenvalue weighted by Gasteiger charge is 2.28. The van der Waals surface area contributed by atoms with Gasteiger partial charge in [-0.15, -0.1) is 0 Å². The summed E-state index contributed by atoms with van der Waals surface area (Å²) in [6, 6.07) is -1.53. The van der Waals surface area contributed by atoms with E-state index in [1.807, 2.05) is 13.8 Å². The van der Waals surface area contributed by atoms with E-state index in [1.54, 1.807) is 0 Å². The molecule has 0 aliphatic carbocycles. The Balaban J connectivity index is 4.84. The molecule has 12 heteroatoms. The van der Waals surface area contributed by atoms with Crippen LogP contribution in [0, 0.1) is 47.3 Å². The quantitative estimate of drug-likeness (QED) is 0.0399. The Morgan fingerprint density at radius 3 is 1.19 bits per heavy atom. The standard InChI is InChI=1S/C46H90NO10P/c1-34(2)17-11-19-36(5)21-13-23-38(7)25-15-27-40(9)29-44(48)54-31-42(32-55-58(52,53)56-33-43(47)46(50)51)57-45(49)30-41(10)28-16-26-39(8)24-14-22-37(6)20-12-18-35(3)4/h34-43H,11-33,47H2,1-10H3,(H,50,51)(H,52,53). The van der Waals surface area contributed by atoms with Crippen molar-refractivity contribution in [2.45, 2.75) is 210 Å². The van der Waals surface area contributed by atoms with Crippen molar-refractivity contribution < 1.29 is 47.5 Å². The van der Waals surface area contributed by atoms with Crippen molar-refractivity contribution in [3.63, 3.8) is 0 Å². The van der Waals surface area contributed by atoms with Gasteiger partial charge in [0.05, 0.1) is 13.2 Å². The van der Waals surface area contributed by atoms with E-state index in [-0.39, 0.29) is 31.3 Å². The van der Waals surface area contributed by atoms with Crippen LogP contribution in [0.15, 0.2) is 0 Å². The second kappa shape index (κ2) is 33.1. The first-order valence-electron chi connectivity index (χ1n) is 23.1. The van der Waals surface area contributed by atoms with Gasteiger partial charge in [0.25, 0.3) is 0 Å². The third kappa shape index (κ3) is 34.2. The second-order valence-electron chi connectivity index (χ2n) is 19.2. The molecule has 9 atom stereocenters. The number of hydrogen-bond acceptors (Lipinski definition) is 9. The molecular weight excluding hydrogens is 757 g/mol. The molecule has 9 unspecified atom stereocenters. The molecule has 0 bridgehead atoms. The van der Waals surface area contributed by atoms with Gasteiger partial charge in [0.15, 0.2) is 6.10 Å². The maximum absolute atomic E-state index is 13.0. The molecule has 0 heterocycles. The van der Waals surface area contributed by atoms with Crippen LogP contribution in [-0.2, 0) is 37.5 Å². The van der Waals surface area contributed by atoms with Gasteiger partial charge in [-0.3, -0.25) is 23.4 Å². The molecule has 344 valence electrons. The number of nitrogens with two attached hydrogens (primary N) is 1. The number of phosphoric acid groups is 1. The summed E-state index contributed by atoms with van der Waals surface area (Å²) in [7, 11) is -4.74. The van der Waals surface area contributed by atoms with E-state index in [0.29, 0.717) is 11.8 Å². The minimum Gasteiger partial charge on any atom is -0.480 e. The van der Waals surface area contributed by atoms with Crippen LogP contribution in [0.3, 0.4) is 0 Å². The summed E-state index contributed by atoms with van der Waals surface area (Å²) in [6.45, 7) is 20.8. The minimum absolute atomic E-state index is 0.0567. The molecule has 0 saturated heterocycles. The summed E-state index contributed by atoms with van der Waals surface area (Å²) in [6.07, 6.45) is 20.5. The average Bonchev–Trinajstić information content (AvgIpc) is 3.11. The van der Waals surface area contributed by atoms with Crippen LogP contribution in [0.25, 0.3) is 0 Å². The summed E-state index contributed by atoms with van der Waals surface area (Å²) >= 11 is 0. The highest BCUT2D eigenvalue weighted by atomic mass is 31.2. The van der Waals surface area contributed by atoms with Gasteiger partial charge >= 0.3 is 25.7 Å². The average molecular weight is 848 g/mol. The van der Waals surface area contributed by atoms with Crippen LogP contribution in [-0.4, -0.2) is 59.9 Å². The number of rotatable bonds is 38. The fraction of sp³-hybridized carbons (Fsp3) is 0.935. The van der Waals surface area contributed by atoms with E-state index in [4.69, 9.17) is 29.4 Å². The Kier molecular flexibility index (Phi) is 32.3. The van der Waals surface area contributed by atoms with Gasteiger partial charge in [0.2, 0.25) is 0 Å². The first-order valence-corrected chi connectivity index (χ1v) is 24.6. The summed E-state index contributed by atoms with van der Waals surface area (Å²) in [5.41, 5.74) is 5.37. The number of carboxylic acids is 1. The second-order valence-corrected chi connectivity index (χ2v) is 20.7. The number of esters is 2. The molecule has 0 saturated carbocycles. The predicted octanol–water partition coefficient (Wildman–Crippen LogP) is 11.9. The van der Waals surface area contributed by atoms with E-state index < -0.39 is 51.1 Å².